The van der Waals surface area contributed by atoms with Crippen LogP contribution < -0.4 is 10.1 Å². The van der Waals surface area contributed by atoms with Gasteiger partial charge in [0.05, 0.1) is 20.3 Å². The number of H-pyrrole nitrogens is 1. The smallest absolute Gasteiger partial charge is 0.321 e. The fraction of sp³-hybridized carbons (Fsp3) is 0.375. The molecule has 0 amide bonds. The van der Waals surface area contributed by atoms with Crippen molar-refractivity contribution in [3.8, 4) is 5.75 Å². The van der Waals surface area contributed by atoms with Gasteiger partial charge in [0, 0.05) is 55.3 Å². The number of benzene rings is 2. The van der Waals surface area contributed by atoms with Gasteiger partial charge < -0.3 is 24.9 Å². The maximum atomic E-state index is 11.9. The first kappa shape index (κ1) is 27.0. The van der Waals surface area contributed by atoms with E-state index >= 15 is 0 Å². The van der Waals surface area contributed by atoms with Crippen LogP contribution in [0.1, 0.15) is 16.7 Å². The van der Waals surface area contributed by atoms with E-state index in [0.29, 0.717) is 13.0 Å². The van der Waals surface area contributed by atoms with Crippen LogP contribution in [0, 0.1) is 0 Å². The predicted molar refractivity (Wildman–Crippen MR) is 134 cm³/mol. The number of rotatable bonds is 9. The molecule has 1 atom stereocenters. The molecule has 3 aromatic rings. The SMILES string of the molecule is COc1ccc(CNC(Cc2c[nH]c3ccccc23)C(=O)O)cc1CN1CCOCC1.Cl.Cl. The Balaban J connectivity index is 0.00000193. The molecule has 1 saturated heterocycles. The molecule has 0 aliphatic carbocycles. The molecular formula is C24H31Cl2N3O4. The number of carboxylic acid groups (broad SMARTS) is 1. The Kier molecular flexibility index (Phi) is 10.5. The van der Waals surface area contributed by atoms with Gasteiger partial charge in [-0.1, -0.05) is 24.3 Å². The van der Waals surface area contributed by atoms with Crippen LogP contribution >= 0.6 is 24.8 Å². The van der Waals surface area contributed by atoms with Crippen molar-refractivity contribution in [1.82, 2.24) is 15.2 Å². The lowest BCUT2D eigenvalue weighted by Gasteiger charge is -2.27. The van der Waals surface area contributed by atoms with Gasteiger partial charge in [-0.25, -0.2) is 0 Å². The molecule has 1 aliphatic heterocycles. The summed E-state index contributed by atoms with van der Waals surface area (Å²) in [6.07, 6.45) is 2.31. The Morgan fingerprint density at radius 1 is 1.18 bits per heavy atom. The van der Waals surface area contributed by atoms with E-state index in [0.717, 1.165) is 66.2 Å². The molecule has 2 heterocycles. The van der Waals surface area contributed by atoms with Crippen LogP contribution in [-0.4, -0.2) is 60.4 Å². The zero-order valence-electron chi connectivity index (χ0n) is 18.6. The Bertz CT molecular complexity index is 1040. The van der Waals surface area contributed by atoms with Crippen molar-refractivity contribution in [2.75, 3.05) is 33.4 Å². The van der Waals surface area contributed by atoms with Crippen molar-refractivity contribution < 1.29 is 19.4 Å². The average Bonchev–Trinajstić information content (AvgIpc) is 3.20. The lowest BCUT2D eigenvalue weighted by atomic mass is 10.0. The van der Waals surface area contributed by atoms with E-state index in [2.05, 4.69) is 21.3 Å². The summed E-state index contributed by atoms with van der Waals surface area (Å²) in [4.78, 5) is 17.5. The standard InChI is InChI=1S/C24H29N3O4.2ClH/c1-30-23-7-6-17(12-19(23)16-27-8-10-31-11-9-27)14-25-22(24(28)29)13-18-15-26-21-5-3-2-4-20(18)21;;/h2-7,12,15,22,25-26H,8-11,13-14,16H2,1H3,(H,28,29);2*1H. The van der Waals surface area contributed by atoms with Crippen LogP contribution in [0.5, 0.6) is 5.75 Å². The van der Waals surface area contributed by atoms with Gasteiger partial charge in [0.1, 0.15) is 11.8 Å². The van der Waals surface area contributed by atoms with Gasteiger partial charge in [0.2, 0.25) is 0 Å². The van der Waals surface area contributed by atoms with E-state index in [4.69, 9.17) is 9.47 Å². The number of fused-ring (bicyclic) bond motifs is 1. The Morgan fingerprint density at radius 3 is 2.67 bits per heavy atom. The first-order chi connectivity index (χ1) is 15.1. The highest BCUT2D eigenvalue weighted by molar-refractivity contribution is 5.86. The van der Waals surface area contributed by atoms with E-state index in [1.54, 1.807) is 7.11 Å². The minimum absolute atomic E-state index is 0. The van der Waals surface area contributed by atoms with Gasteiger partial charge in [-0.2, -0.15) is 0 Å². The van der Waals surface area contributed by atoms with Crippen molar-refractivity contribution in [3.63, 3.8) is 0 Å². The molecule has 0 radical (unpaired) electrons. The van der Waals surface area contributed by atoms with Gasteiger partial charge in [-0.05, 0) is 29.3 Å². The summed E-state index contributed by atoms with van der Waals surface area (Å²) in [5.74, 6) is -0.00356. The zero-order valence-corrected chi connectivity index (χ0v) is 20.2. The molecule has 1 aromatic heterocycles. The summed E-state index contributed by atoms with van der Waals surface area (Å²) in [5.41, 5.74) is 4.16. The quantitative estimate of drug-likeness (QED) is 0.420. The molecule has 4 rings (SSSR count). The number of ether oxygens (including phenoxy) is 2. The molecule has 7 nitrogen and oxygen atoms in total. The number of carbonyl (C=O) groups is 1. The number of para-hydroxylation sites is 1. The van der Waals surface area contributed by atoms with E-state index in [9.17, 15) is 9.90 Å². The fourth-order valence-electron chi connectivity index (χ4n) is 4.07. The van der Waals surface area contributed by atoms with E-state index in [-0.39, 0.29) is 24.8 Å². The zero-order chi connectivity index (χ0) is 21.6. The van der Waals surface area contributed by atoms with Gasteiger partial charge in [-0.3, -0.25) is 9.69 Å². The normalized spacial score (nSPS) is 14.8. The number of nitrogens with one attached hydrogen (secondary N) is 2. The molecule has 9 heteroatoms. The third-order valence-electron chi connectivity index (χ3n) is 5.79. The molecule has 0 saturated carbocycles. The fourth-order valence-corrected chi connectivity index (χ4v) is 4.07. The molecule has 1 aliphatic rings. The van der Waals surface area contributed by atoms with E-state index in [1.807, 2.05) is 42.6 Å². The van der Waals surface area contributed by atoms with Crippen molar-refractivity contribution >= 4 is 41.7 Å². The van der Waals surface area contributed by atoms with Crippen LogP contribution in [0.2, 0.25) is 0 Å². The molecule has 2 aromatic carbocycles. The number of methoxy groups -OCH3 is 1. The number of halogens is 2. The molecule has 33 heavy (non-hydrogen) atoms. The number of hydrogen-bond donors (Lipinski definition) is 3. The highest BCUT2D eigenvalue weighted by Gasteiger charge is 2.20. The lowest BCUT2D eigenvalue weighted by Crippen LogP contribution is -2.38. The topological polar surface area (TPSA) is 86.8 Å². The summed E-state index contributed by atoms with van der Waals surface area (Å²) >= 11 is 0. The van der Waals surface area contributed by atoms with Crippen LogP contribution in [0.4, 0.5) is 0 Å². The average molecular weight is 496 g/mol. The minimum Gasteiger partial charge on any atom is -0.496 e. The summed E-state index contributed by atoms with van der Waals surface area (Å²) in [6, 6.07) is 13.3. The molecule has 3 N–H and O–H groups in total. The third-order valence-corrected chi connectivity index (χ3v) is 5.79. The highest BCUT2D eigenvalue weighted by atomic mass is 35.5. The molecule has 180 valence electrons. The molecule has 0 bridgehead atoms. The number of nitrogens with zero attached hydrogens (tertiary/aromatic N) is 1. The molecule has 0 spiro atoms. The Hall–Kier alpha value is -2.29. The van der Waals surface area contributed by atoms with Crippen LogP contribution in [0.25, 0.3) is 10.9 Å². The Morgan fingerprint density at radius 2 is 1.94 bits per heavy atom. The number of aromatic amines is 1. The second kappa shape index (κ2) is 12.8. The minimum atomic E-state index is -0.854. The molecule has 1 fully saturated rings. The highest BCUT2D eigenvalue weighted by Crippen LogP contribution is 2.23. The van der Waals surface area contributed by atoms with Crippen LogP contribution in [-0.2, 0) is 29.0 Å². The first-order valence-corrected chi connectivity index (χ1v) is 10.6. The van der Waals surface area contributed by atoms with Gasteiger partial charge >= 0.3 is 5.97 Å². The van der Waals surface area contributed by atoms with E-state index in [1.165, 1.54) is 0 Å². The third kappa shape index (κ3) is 6.85. The van der Waals surface area contributed by atoms with E-state index < -0.39 is 12.0 Å². The van der Waals surface area contributed by atoms with Gasteiger partial charge in [-0.15, -0.1) is 24.8 Å². The summed E-state index contributed by atoms with van der Waals surface area (Å²) in [6.45, 7) is 4.56. The summed E-state index contributed by atoms with van der Waals surface area (Å²) in [7, 11) is 1.68. The van der Waals surface area contributed by atoms with Crippen molar-refractivity contribution in [3.05, 3.63) is 65.4 Å². The van der Waals surface area contributed by atoms with Crippen molar-refractivity contribution in [1.29, 1.82) is 0 Å². The maximum Gasteiger partial charge on any atom is 0.321 e. The summed E-state index contributed by atoms with van der Waals surface area (Å²) < 4.78 is 11.0. The number of morpholine rings is 1. The monoisotopic (exact) mass is 495 g/mol. The van der Waals surface area contributed by atoms with Crippen molar-refractivity contribution in [2.45, 2.75) is 25.6 Å². The van der Waals surface area contributed by atoms with Crippen molar-refractivity contribution in [2.24, 2.45) is 0 Å². The number of carboxylic acids is 1. The Labute approximate surface area is 206 Å². The van der Waals surface area contributed by atoms with Gasteiger partial charge in [0.15, 0.2) is 0 Å². The maximum absolute atomic E-state index is 11.9. The number of hydrogen-bond acceptors (Lipinski definition) is 5. The number of aromatic nitrogens is 1. The second-order valence-corrected chi connectivity index (χ2v) is 7.87. The van der Waals surface area contributed by atoms with Crippen LogP contribution in [0.3, 0.4) is 0 Å². The summed E-state index contributed by atoms with van der Waals surface area (Å²) in [5, 5.41) is 14.0. The first-order valence-electron chi connectivity index (χ1n) is 10.6. The largest absolute Gasteiger partial charge is 0.496 e. The van der Waals surface area contributed by atoms with Gasteiger partial charge in [0.25, 0.3) is 0 Å². The van der Waals surface area contributed by atoms with Crippen LogP contribution in [0.15, 0.2) is 48.7 Å². The second-order valence-electron chi connectivity index (χ2n) is 7.87. The number of aliphatic carboxylic acids is 1. The molecule has 1 unspecified atom stereocenters. The predicted octanol–water partition coefficient (Wildman–Crippen LogP) is 3.64. The molecular weight excluding hydrogens is 465 g/mol. The lowest BCUT2D eigenvalue weighted by molar-refractivity contribution is -0.139.